The number of halogens is 5. The summed E-state index contributed by atoms with van der Waals surface area (Å²) in [5.41, 5.74) is 0.776. The minimum Gasteiger partial charge on any atom is -0.379 e. The first kappa shape index (κ1) is 17.1. The number of benzene rings is 1. The van der Waals surface area contributed by atoms with Gasteiger partial charge in [-0.3, -0.25) is 4.68 Å². The molecule has 4 nitrogen and oxygen atoms in total. The maximum atomic E-state index is 14.7. The summed E-state index contributed by atoms with van der Waals surface area (Å²) in [6, 6.07) is 1.32. The normalized spacial score (nSPS) is 14.8. The molecular formula is C15H11BrClF3N4. The molecule has 0 bridgehead atoms. The predicted octanol–water partition coefficient (Wildman–Crippen LogP) is 4.89. The highest BCUT2D eigenvalue weighted by molar-refractivity contribution is 9.10. The molecule has 24 heavy (non-hydrogen) atoms. The van der Waals surface area contributed by atoms with Crippen molar-refractivity contribution >= 4 is 38.9 Å². The molecule has 2 aromatic rings. The van der Waals surface area contributed by atoms with Crippen LogP contribution in [-0.2, 0) is 7.05 Å². The van der Waals surface area contributed by atoms with Gasteiger partial charge in [0.1, 0.15) is 5.82 Å². The Labute approximate surface area is 149 Å². The van der Waals surface area contributed by atoms with Crippen molar-refractivity contribution in [2.45, 2.75) is 6.43 Å². The lowest BCUT2D eigenvalue weighted by atomic mass is 9.97. The van der Waals surface area contributed by atoms with Gasteiger partial charge in [0.15, 0.2) is 0 Å². The van der Waals surface area contributed by atoms with Crippen LogP contribution in [0.15, 0.2) is 16.7 Å². The molecule has 9 heteroatoms. The zero-order valence-electron chi connectivity index (χ0n) is 12.4. The van der Waals surface area contributed by atoms with Gasteiger partial charge in [-0.1, -0.05) is 11.6 Å². The van der Waals surface area contributed by atoms with Crippen molar-refractivity contribution in [1.82, 2.24) is 9.78 Å². The molecule has 0 aliphatic carbocycles. The Bertz CT molecular complexity index is 821. The van der Waals surface area contributed by atoms with Gasteiger partial charge in [-0.15, -0.1) is 0 Å². The fourth-order valence-electron chi connectivity index (χ4n) is 2.73. The molecule has 0 saturated carbocycles. The predicted molar refractivity (Wildman–Crippen MR) is 89.3 cm³/mol. The molecule has 1 aromatic heterocycles. The number of aryl methyl sites for hydroxylation is 1. The molecule has 0 unspecified atom stereocenters. The third-order valence-electron chi connectivity index (χ3n) is 4.02. The van der Waals surface area contributed by atoms with E-state index < -0.39 is 18.2 Å². The third-order valence-corrected chi connectivity index (χ3v) is 4.88. The SMILES string of the molecule is [C-]#[N+]c1c(N2CC(C(F)F)C2)cc(Cl)c(F)c1-c1c(Br)cnn1C. The van der Waals surface area contributed by atoms with E-state index >= 15 is 0 Å². The van der Waals surface area contributed by atoms with E-state index in [1.807, 2.05) is 0 Å². The van der Waals surface area contributed by atoms with Crippen LogP contribution in [0.2, 0.25) is 5.02 Å². The first-order valence-corrected chi connectivity index (χ1v) is 8.12. The summed E-state index contributed by atoms with van der Waals surface area (Å²) in [6.45, 7) is 7.67. The molecule has 0 amide bonds. The fraction of sp³-hybridized carbons (Fsp3) is 0.333. The van der Waals surface area contributed by atoms with Gasteiger partial charge in [0.05, 0.1) is 33.9 Å². The number of hydrogen-bond donors (Lipinski definition) is 0. The summed E-state index contributed by atoms with van der Waals surface area (Å²) in [6.07, 6.45) is -0.932. The van der Waals surface area contributed by atoms with Gasteiger partial charge in [0, 0.05) is 31.4 Å². The van der Waals surface area contributed by atoms with Gasteiger partial charge in [-0.2, -0.15) is 5.10 Å². The van der Waals surface area contributed by atoms with Crippen molar-refractivity contribution < 1.29 is 13.2 Å². The van der Waals surface area contributed by atoms with Crippen LogP contribution in [0.1, 0.15) is 0 Å². The minimum absolute atomic E-state index is 0.0138. The summed E-state index contributed by atoms with van der Waals surface area (Å²) < 4.78 is 42.0. The van der Waals surface area contributed by atoms with Crippen molar-refractivity contribution in [2.24, 2.45) is 13.0 Å². The lowest BCUT2D eigenvalue weighted by molar-refractivity contribution is 0.0615. The Kier molecular flexibility index (Phi) is 4.49. The van der Waals surface area contributed by atoms with E-state index in [4.69, 9.17) is 18.2 Å². The van der Waals surface area contributed by atoms with Gasteiger partial charge < -0.3 is 4.90 Å². The summed E-state index contributed by atoms with van der Waals surface area (Å²) in [4.78, 5) is 5.06. The molecule has 1 aliphatic rings. The molecule has 3 rings (SSSR count). The Hall–Kier alpha value is -1.72. The van der Waals surface area contributed by atoms with Gasteiger partial charge in [-0.05, 0) is 22.0 Å². The molecule has 1 fully saturated rings. The number of alkyl halides is 2. The van der Waals surface area contributed by atoms with E-state index in [-0.39, 0.29) is 29.4 Å². The average Bonchev–Trinajstić information content (AvgIpc) is 2.79. The van der Waals surface area contributed by atoms with Crippen LogP contribution in [0, 0.1) is 18.3 Å². The Morgan fingerprint density at radius 2 is 2.12 bits per heavy atom. The highest BCUT2D eigenvalue weighted by Gasteiger charge is 2.36. The topological polar surface area (TPSA) is 25.4 Å². The number of aromatic nitrogens is 2. The highest BCUT2D eigenvalue weighted by Crippen LogP contribution is 2.47. The molecule has 1 saturated heterocycles. The van der Waals surface area contributed by atoms with Crippen molar-refractivity contribution in [3.63, 3.8) is 0 Å². The number of anilines is 1. The van der Waals surface area contributed by atoms with E-state index in [0.29, 0.717) is 15.9 Å². The molecule has 0 atom stereocenters. The second kappa shape index (κ2) is 6.30. The van der Waals surface area contributed by atoms with Gasteiger partial charge in [0.2, 0.25) is 12.1 Å². The maximum Gasteiger partial charge on any atom is 0.244 e. The molecule has 0 radical (unpaired) electrons. The monoisotopic (exact) mass is 418 g/mol. The van der Waals surface area contributed by atoms with Crippen LogP contribution >= 0.6 is 27.5 Å². The molecular weight excluding hydrogens is 409 g/mol. The van der Waals surface area contributed by atoms with Crippen molar-refractivity contribution in [3.8, 4) is 11.3 Å². The number of nitrogens with zero attached hydrogens (tertiary/aromatic N) is 4. The Balaban J connectivity index is 2.15. The van der Waals surface area contributed by atoms with E-state index in [0.717, 1.165) is 0 Å². The van der Waals surface area contributed by atoms with Gasteiger partial charge >= 0.3 is 0 Å². The maximum absolute atomic E-state index is 14.7. The molecule has 1 aliphatic heterocycles. The first-order valence-electron chi connectivity index (χ1n) is 6.95. The average molecular weight is 420 g/mol. The second-order valence-electron chi connectivity index (χ2n) is 5.49. The quantitative estimate of drug-likeness (QED) is 0.662. The largest absolute Gasteiger partial charge is 0.379 e. The van der Waals surface area contributed by atoms with Crippen LogP contribution in [0.25, 0.3) is 16.1 Å². The van der Waals surface area contributed by atoms with Crippen molar-refractivity contribution in [2.75, 3.05) is 18.0 Å². The second-order valence-corrected chi connectivity index (χ2v) is 6.75. The van der Waals surface area contributed by atoms with E-state index in [1.165, 1.54) is 16.9 Å². The number of rotatable bonds is 3. The van der Waals surface area contributed by atoms with Gasteiger partial charge in [-0.25, -0.2) is 18.0 Å². The molecule has 0 N–H and O–H groups in total. The van der Waals surface area contributed by atoms with Crippen LogP contribution in [-0.4, -0.2) is 29.3 Å². The molecule has 0 spiro atoms. The first-order chi connectivity index (χ1) is 11.3. The van der Waals surface area contributed by atoms with Crippen LogP contribution < -0.4 is 4.90 Å². The highest BCUT2D eigenvalue weighted by atomic mass is 79.9. The zero-order chi connectivity index (χ0) is 17.6. The Morgan fingerprint density at radius 1 is 1.46 bits per heavy atom. The van der Waals surface area contributed by atoms with E-state index in [2.05, 4.69) is 25.9 Å². The van der Waals surface area contributed by atoms with Crippen LogP contribution in [0.3, 0.4) is 0 Å². The number of hydrogen-bond acceptors (Lipinski definition) is 2. The zero-order valence-corrected chi connectivity index (χ0v) is 14.7. The third kappa shape index (κ3) is 2.66. The summed E-state index contributed by atoms with van der Waals surface area (Å²) in [5.74, 6) is -1.49. The van der Waals surface area contributed by atoms with E-state index in [9.17, 15) is 13.2 Å². The van der Waals surface area contributed by atoms with Crippen molar-refractivity contribution in [1.29, 1.82) is 0 Å². The Morgan fingerprint density at radius 3 is 2.62 bits per heavy atom. The minimum atomic E-state index is -2.42. The van der Waals surface area contributed by atoms with E-state index in [1.54, 1.807) is 11.9 Å². The lowest BCUT2D eigenvalue weighted by Crippen LogP contribution is -2.50. The smallest absolute Gasteiger partial charge is 0.244 e. The summed E-state index contributed by atoms with van der Waals surface area (Å²) >= 11 is 9.28. The molecule has 2 heterocycles. The van der Waals surface area contributed by atoms with Crippen LogP contribution in [0.5, 0.6) is 0 Å². The fourth-order valence-corrected chi connectivity index (χ4v) is 3.48. The van der Waals surface area contributed by atoms with Gasteiger partial charge in [0.25, 0.3) is 0 Å². The summed E-state index contributed by atoms with van der Waals surface area (Å²) in [7, 11) is 1.62. The summed E-state index contributed by atoms with van der Waals surface area (Å²) in [5, 5.41) is 3.86. The lowest BCUT2D eigenvalue weighted by Gasteiger charge is -2.41. The standard InChI is InChI=1S/C15H11BrClF3N4/c1-21-13-10(24-5-7(6-24)15(19)20)3-9(17)12(18)11(13)14-8(16)4-22-23(14)2/h3-4,7,15H,5-6H2,2H3. The molecule has 126 valence electrons. The van der Waals surface area contributed by atoms with Crippen LogP contribution in [0.4, 0.5) is 24.5 Å². The molecule has 1 aromatic carbocycles. The van der Waals surface area contributed by atoms with Crippen molar-refractivity contribution in [3.05, 3.63) is 39.0 Å².